The van der Waals surface area contributed by atoms with Crippen LogP contribution in [0.15, 0.2) is 40.3 Å². The first-order valence-corrected chi connectivity index (χ1v) is 7.88. The second-order valence-corrected chi connectivity index (χ2v) is 5.57. The van der Waals surface area contributed by atoms with Crippen LogP contribution in [0, 0.1) is 0 Å². The molecule has 1 aliphatic heterocycles. The van der Waals surface area contributed by atoms with E-state index in [-0.39, 0.29) is 17.9 Å². The molecule has 1 fully saturated rings. The van der Waals surface area contributed by atoms with Crippen LogP contribution in [0.1, 0.15) is 21.9 Å². The number of carbonyl (C=O) groups is 4. The molecule has 3 rings (SSSR count). The van der Waals surface area contributed by atoms with Crippen molar-refractivity contribution in [1.82, 2.24) is 10.6 Å². The van der Waals surface area contributed by atoms with Gasteiger partial charge < -0.3 is 19.0 Å². The summed E-state index contributed by atoms with van der Waals surface area (Å²) in [7, 11) is 1.41. The molecule has 0 saturated carbocycles. The number of ether oxygens (including phenoxy) is 2. The molecule has 10 nitrogen and oxygen atoms in total. The normalized spacial score (nSPS) is 13.6. The van der Waals surface area contributed by atoms with Gasteiger partial charge in [-0.3, -0.25) is 20.2 Å². The fourth-order valence-corrected chi connectivity index (χ4v) is 2.39. The molecule has 0 radical (unpaired) electrons. The van der Waals surface area contributed by atoms with Crippen molar-refractivity contribution in [3.63, 3.8) is 0 Å². The maximum atomic E-state index is 11.8. The Morgan fingerprint density at radius 1 is 1.11 bits per heavy atom. The lowest BCUT2D eigenvalue weighted by molar-refractivity contribution is -0.123. The van der Waals surface area contributed by atoms with Crippen molar-refractivity contribution in [2.75, 3.05) is 7.11 Å². The first-order valence-electron chi connectivity index (χ1n) is 7.88. The molecule has 1 saturated heterocycles. The summed E-state index contributed by atoms with van der Waals surface area (Å²) in [6.07, 6.45) is 1.30. The molecule has 0 aliphatic carbocycles. The molecule has 4 amide bonds. The van der Waals surface area contributed by atoms with Gasteiger partial charge in [-0.15, -0.1) is 0 Å². The predicted octanol–water partition coefficient (Wildman–Crippen LogP) is 1.31. The number of imide groups is 2. The smallest absolute Gasteiger partial charge is 0.371 e. The van der Waals surface area contributed by atoms with Crippen molar-refractivity contribution in [3.8, 4) is 11.5 Å². The Balaban J connectivity index is 1.77. The van der Waals surface area contributed by atoms with Gasteiger partial charge >= 0.3 is 12.0 Å². The number of urea groups is 1. The Hall–Kier alpha value is -4.08. The molecule has 3 N–H and O–H groups in total. The van der Waals surface area contributed by atoms with Crippen LogP contribution in [-0.2, 0) is 16.2 Å². The number of hydrogen-bond donors (Lipinski definition) is 3. The van der Waals surface area contributed by atoms with Gasteiger partial charge in [-0.05, 0) is 35.9 Å². The second-order valence-electron chi connectivity index (χ2n) is 5.57. The molecule has 2 heterocycles. The fraction of sp³-hybridized carbons (Fsp3) is 0.111. The van der Waals surface area contributed by atoms with Crippen molar-refractivity contribution in [2.24, 2.45) is 0 Å². The summed E-state index contributed by atoms with van der Waals surface area (Å²) in [5, 5.41) is 12.8. The van der Waals surface area contributed by atoms with E-state index in [1.165, 1.54) is 31.4 Å². The van der Waals surface area contributed by atoms with Gasteiger partial charge in [-0.2, -0.15) is 0 Å². The van der Waals surface area contributed by atoms with E-state index in [1.54, 1.807) is 12.1 Å². The van der Waals surface area contributed by atoms with Crippen molar-refractivity contribution in [2.45, 2.75) is 6.61 Å². The van der Waals surface area contributed by atoms with Crippen LogP contribution >= 0.6 is 0 Å². The van der Waals surface area contributed by atoms with Crippen molar-refractivity contribution in [1.29, 1.82) is 0 Å². The zero-order valence-corrected chi connectivity index (χ0v) is 14.5. The van der Waals surface area contributed by atoms with Crippen LogP contribution in [-0.4, -0.2) is 36.0 Å². The van der Waals surface area contributed by atoms with Crippen molar-refractivity contribution >= 4 is 29.9 Å². The molecular formula is C18H14N2O8. The van der Waals surface area contributed by atoms with Gasteiger partial charge in [0.15, 0.2) is 11.5 Å². The van der Waals surface area contributed by atoms with E-state index in [1.807, 2.05) is 10.6 Å². The minimum Gasteiger partial charge on any atom is -0.493 e. The maximum absolute atomic E-state index is 11.8. The van der Waals surface area contributed by atoms with E-state index in [0.717, 1.165) is 0 Å². The lowest BCUT2D eigenvalue weighted by Gasteiger charge is -2.14. The van der Waals surface area contributed by atoms with Gasteiger partial charge in [0.05, 0.1) is 7.11 Å². The number of barbiturate groups is 1. The molecule has 0 bridgehead atoms. The molecule has 1 aromatic heterocycles. The summed E-state index contributed by atoms with van der Waals surface area (Å²) >= 11 is 0. The molecule has 2 aromatic rings. The molecule has 0 unspecified atom stereocenters. The number of carbonyl (C=O) groups excluding carboxylic acids is 3. The number of methoxy groups -OCH3 is 1. The van der Waals surface area contributed by atoms with Gasteiger partial charge in [0, 0.05) is 0 Å². The Morgan fingerprint density at radius 3 is 2.43 bits per heavy atom. The first-order chi connectivity index (χ1) is 13.4. The van der Waals surface area contributed by atoms with Gasteiger partial charge in [0.25, 0.3) is 11.8 Å². The number of carboxylic acid groups (broad SMARTS) is 1. The van der Waals surface area contributed by atoms with E-state index in [2.05, 4.69) is 0 Å². The quantitative estimate of drug-likeness (QED) is 0.498. The van der Waals surface area contributed by atoms with Gasteiger partial charge in [-0.1, -0.05) is 6.07 Å². The number of aromatic carboxylic acids is 1. The molecule has 1 aromatic carbocycles. The number of carboxylic acids is 1. The maximum Gasteiger partial charge on any atom is 0.371 e. The minimum atomic E-state index is -1.18. The monoisotopic (exact) mass is 386 g/mol. The largest absolute Gasteiger partial charge is 0.493 e. The molecule has 0 atom stereocenters. The Bertz CT molecular complexity index is 983. The van der Waals surface area contributed by atoms with Crippen LogP contribution in [0.25, 0.3) is 6.08 Å². The summed E-state index contributed by atoms with van der Waals surface area (Å²) in [6.45, 7) is -0.0308. The predicted molar refractivity (Wildman–Crippen MR) is 92.7 cm³/mol. The lowest BCUT2D eigenvalue weighted by atomic mass is 10.1. The van der Waals surface area contributed by atoms with Crippen LogP contribution in [0.2, 0.25) is 0 Å². The second kappa shape index (κ2) is 7.66. The summed E-state index contributed by atoms with van der Waals surface area (Å²) in [6, 6.07) is 6.58. The van der Waals surface area contributed by atoms with Crippen LogP contribution in [0.5, 0.6) is 11.5 Å². The fourth-order valence-electron chi connectivity index (χ4n) is 2.39. The van der Waals surface area contributed by atoms with E-state index in [4.69, 9.17) is 19.0 Å². The van der Waals surface area contributed by atoms with Crippen LogP contribution < -0.4 is 20.1 Å². The van der Waals surface area contributed by atoms with E-state index >= 15 is 0 Å². The first kappa shape index (κ1) is 18.7. The number of furan rings is 1. The minimum absolute atomic E-state index is 0.0308. The zero-order chi connectivity index (χ0) is 20.3. The SMILES string of the molecule is COc1cc(C=C2C(=O)NC(=O)NC2=O)ccc1OCc1ccc(C(=O)O)o1. The van der Waals surface area contributed by atoms with E-state index in [0.29, 0.717) is 22.8 Å². The number of rotatable bonds is 6. The number of hydrogen-bond acceptors (Lipinski definition) is 7. The molecule has 28 heavy (non-hydrogen) atoms. The van der Waals surface area contributed by atoms with Gasteiger partial charge in [0.2, 0.25) is 5.76 Å². The Labute approximate surface area is 157 Å². The molecule has 0 spiro atoms. The number of benzene rings is 1. The summed E-state index contributed by atoms with van der Waals surface area (Å²) in [4.78, 5) is 45.5. The summed E-state index contributed by atoms with van der Waals surface area (Å²) in [5.41, 5.74) is 0.233. The highest BCUT2D eigenvalue weighted by molar-refractivity contribution is 6.31. The molecular weight excluding hydrogens is 372 g/mol. The third kappa shape index (κ3) is 4.01. The Morgan fingerprint density at radius 2 is 1.82 bits per heavy atom. The summed E-state index contributed by atoms with van der Waals surface area (Å²) < 4.78 is 15.9. The standard InChI is InChI=1S/C18H14N2O8/c1-26-14-7-9(6-11-15(21)19-18(25)20-16(11)22)2-4-12(14)27-8-10-3-5-13(28-10)17(23)24/h2-7H,8H2,1H3,(H,23,24)(H2,19,20,21,22,25). The molecule has 1 aliphatic rings. The number of nitrogens with one attached hydrogen (secondary N) is 2. The van der Waals surface area contributed by atoms with E-state index in [9.17, 15) is 19.2 Å². The number of amides is 4. The highest BCUT2D eigenvalue weighted by Crippen LogP contribution is 2.30. The van der Waals surface area contributed by atoms with Crippen LogP contribution in [0.3, 0.4) is 0 Å². The highest BCUT2D eigenvalue weighted by atomic mass is 16.5. The third-order valence-electron chi connectivity index (χ3n) is 3.68. The zero-order valence-electron chi connectivity index (χ0n) is 14.5. The highest BCUT2D eigenvalue weighted by Gasteiger charge is 2.27. The van der Waals surface area contributed by atoms with Gasteiger partial charge in [-0.25, -0.2) is 9.59 Å². The van der Waals surface area contributed by atoms with Crippen molar-refractivity contribution in [3.05, 3.63) is 53.0 Å². The lowest BCUT2D eigenvalue weighted by Crippen LogP contribution is -2.51. The third-order valence-corrected chi connectivity index (χ3v) is 3.68. The topological polar surface area (TPSA) is 144 Å². The average Bonchev–Trinajstić information content (AvgIpc) is 3.12. The Kier molecular flexibility index (Phi) is 5.12. The van der Waals surface area contributed by atoms with Crippen molar-refractivity contribution < 1.29 is 38.2 Å². The van der Waals surface area contributed by atoms with Crippen LogP contribution in [0.4, 0.5) is 4.79 Å². The summed E-state index contributed by atoms with van der Waals surface area (Å²) in [5.74, 6) is -2.03. The molecule has 144 valence electrons. The average molecular weight is 386 g/mol. The molecule has 10 heteroatoms. The van der Waals surface area contributed by atoms with Gasteiger partial charge in [0.1, 0.15) is 17.9 Å². The van der Waals surface area contributed by atoms with E-state index < -0.39 is 23.8 Å².